The zero-order valence-corrected chi connectivity index (χ0v) is 24.5. The SMILES string of the molecule is Cc1ncnc(C)c1C(=O)N1C=C2CN(CCC3(c4cccc(F)c4)CCN(C(=O)CC(C)(C)C)CC3)CC2C1. The third-order valence-corrected chi connectivity index (χ3v) is 8.95. The predicted molar refractivity (Wildman–Crippen MR) is 153 cm³/mol. The molecule has 0 saturated carbocycles. The van der Waals surface area contributed by atoms with Crippen molar-refractivity contribution in [1.29, 1.82) is 0 Å². The highest BCUT2D eigenvalue weighted by atomic mass is 19.1. The molecule has 0 spiro atoms. The van der Waals surface area contributed by atoms with Gasteiger partial charge in [0.05, 0.1) is 17.0 Å². The molecular formula is C32H42FN5O2. The Morgan fingerprint density at radius 1 is 1.07 bits per heavy atom. The van der Waals surface area contributed by atoms with E-state index in [2.05, 4.69) is 41.7 Å². The Balaban J connectivity index is 1.24. The number of aromatic nitrogens is 2. The van der Waals surface area contributed by atoms with Gasteiger partial charge in [0.25, 0.3) is 5.91 Å². The van der Waals surface area contributed by atoms with Crippen LogP contribution in [0.15, 0.2) is 42.4 Å². The minimum Gasteiger partial charge on any atom is -0.343 e. The first kappa shape index (κ1) is 28.4. The summed E-state index contributed by atoms with van der Waals surface area (Å²) in [5, 5.41) is 0. The highest BCUT2D eigenvalue weighted by Gasteiger charge is 2.41. The zero-order chi connectivity index (χ0) is 28.7. The van der Waals surface area contributed by atoms with Gasteiger partial charge >= 0.3 is 0 Å². The van der Waals surface area contributed by atoms with Gasteiger partial charge in [0.1, 0.15) is 12.1 Å². The largest absolute Gasteiger partial charge is 0.343 e. The highest BCUT2D eigenvalue weighted by Crippen LogP contribution is 2.41. The number of hydrogen-bond acceptors (Lipinski definition) is 5. The Morgan fingerprint density at radius 3 is 2.40 bits per heavy atom. The second-order valence-corrected chi connectivity index (χ2v) is 13.2. The lowest BCUT2D eigenvalue weighted by Crippen LogP contribution is -2.47. The smallest absolute Gasteiger partial charge is 0.261 e. The Hall–Kier alpha value is -3.13. The Bertz CT molecular complexity index is 1290. The Morgan fingerprint density at radius 2 is 1.77 bits per heavy atom. The fourth-order valence-electron chi connectivity index (χ4n) is 6.67. The maximum absolute atomic E-state index is 14.3. The topological polar surface area (TPSA) is 69.6 Å². The quantitative estimate of drug-likeness (QED) is 0.515. The molecule has 40 heavy (non-hydrogen) atoms. The van der Waals surface area contributed by atoms with Crippen molar-refractivity contribution in [3.63, 3.8) is 0 Å². The zero-order valence-electron chi connectivity index (χ0n) is 24.5. The molecule has 4 heterocycles. The molecule has 1 unspecified atom stereocenters. The van der Waals surface area contributed by atoms with Gasteiger partial charge in [-0.3, -0.25) is 14.5 Å². The number of hydrogen-bond donors (Lipinski definition) is 0. The van der Waals surface area contributed by atoms with E-state index in [1.54, 1.807) is 12.1 Å². The number of aryl methyl sites for hydroxylation is 2. The maximum Gasteiger partial charge on any atom is 0.261 e. The number of halogens is 1. The first-order valence-corrected chi connectivity index (χ1v) is 14.5. The van der Waals surface area contributed by atoms with Crippen LogP contribution in [0.2, 0.25) is 0 Å². The fourth-order valence-corrected chi connectivity index (χ4v) is 6.67. The number of carbonyl (C=O) groups is 2. The molecule has 0 radical (unpaired) electrons. The van der Waals surface area contributed by atoms with Crippen molar-refractivity contribution < 1.29 is 14.0 Å². The van der Waals surface area contributed by atoms with Gasteiger partial charge in [-0.2, -0.15) is 0 Å². The van der Waals surface area contributed by atoms with E-state index in [1.165, 1.54) is 18.0 Å². The molecule has 0 N–H and O–H groups in total. The number of nitrogens with zero attached hydrogens (tertiary/aromatic N) is 5. The van der Waals surface area contributed by atoms with Gasteiger partial charge in [0, 0.05) is 51.3 Å². The van der Waals surface area contributed by atoms with Gasteiger partial charge < -0.3 is 9.80 Å². The number of likely N-dealkylation sites (tertiary alicyclic amines) is 2. The molecule has 3 aliphatic rings. The molecule has 7 nitrogen and oxygen atoms in total. The van der Waals surface area contributed by atoms with Crippen LogP contribution in [-0.4, -0.2) is 75.8 Å². The van der Waals surface area contributed by atoms with Crippen molar-refractivity contribution in [1.82, 2.24) is 24.7 Å². The summed E-state index contributed by atoms with van der Waals surface area (Å²) in [6, 6.07) is 7.05. The minimum absolute atomic E-state index is 0.0260. The van der Waals surface area contributed by atoms with Crippen LogP contribution in [0.4, 0.5) is 4.39 Å². The van der Waals surface area contributed by atoms with Crippen molar-refractivity contribution in [3.05, 3.63) is 70.7 Å². The van der Waals surface area contributed by atoms with Crippen molar-refractivity contribution in [2.75, 3.05) is 39.3 Å². The normalized spacial score (nSPS) is 20.9. The van der Waals surface area contributed by atoms with Crippen molar-refractivity contribution in [3.8, 4) is 0 Å². The number of amides is 2. The summed E-state index contributed by atoms with van der Waals surface area (Å²) in [5.74, 6) is 0.312. The van der Waals surface area contributed by atoms with Crippen LogP contribution >= 0.6 is 0 Å². The van der Waals surface area contributed by atoms with Crippen molar-refractivity contribution >= 4 is 11.8 Å². The molecule has 1 aromatic carbocycles. The molecule has 2 amide bonds. The summed E-state index contributed by atoms with van der Waals surface area (Å²) in [6.07, 6.45) is 6.67. The van der Waals surface area contributed by atoms with E-state index in [9.17, 15) is 14.0 Å². The first-order valence-electron chi connectivity index (χ1n) is 14.5. The van der Waals surface area contributed by atoms with E-state index < -0.39 is 0 Å². The second kappa shape index (κ2) is 11.0. The van der Waals surface area contributed by atoms with Crippen LogP contribution < -0.4 is 0 Å². The average molecular weight is 548 g/mol. The van der Waals surface area contributed by atoms with E-state index in [1.807, 2.05) is 29.8 Å². The summed E-state index contributed by atoms with van der Waals surface area (Å²) in [5.41, 5.74) is 4.16. The third-order valence-electron chi connectivity index (χ3n) is 8.95. The van der Waals surface area contributed by atoms with Gasteiger partial charge in [-0.25, -0.2) is 14.4 Å². The van der Waals surface area contributed by atoms with Gasteiger partial charge in [0.2, 0.25) is 5.91 Å². The van der Waals surface area contributed by atoms with Crippen molar-refractivity contribution in [2.24, 2.45) is 11.3 Å². The Labute approximate surface area is 237 Å². The molecular weight excluding hydrogens is 505 g/mol. The summed E-state index contributed by atoms with van der Waals surface area (Å²) in [6.45, 7) is 14.7. The molecule has 3 aliphatic heterocycles. The summed E-state index contributed by atoms with van der Waals surface area (Å²) >= 11 is 0. The van der Waals surface area contributed by atoms with Crippen LogP contribution in [0.25, 0.3) is 0 Å². The molecule has 8 heteroatoms. The molecule has 214 valence electrons. The Kier molecular flexibility index (Phi) is 7.83. The van der Waals surface area contributed by atoms with Crippen LogP contribution in [0.5, 0.6) is 0 Å². The molecule has 0 bridgehead atoms. The monoisotopic (exact) mass is 547 g/mol. The molecule has 2 fully saturated rings. The van der Waals surface area contributed by atoms with E-state index in [4.69, 9.17) is 0 Å². The first-order chi connectivity index (χ1) is 18.9. The lowest BCUT2D eigenvalue weighted by Gasteiger charge is -2.43. The van der Waals surface area contributed by atoms with Crippen LogP contribution in [-0.2, 0) is 10.2 Å². The molecule has 2 aromatic rings. The predicted octanol–water partition coefficient (Wildman–Crippen LogP) is 4.89. The maximum atomic E-state index is 14.3. The molecule has 1 atom stereocenters. The van der Waals surface area contributed by atoms with Crippen molar-refractivity contribution in [2.45, 2.75) is 65.7 Å². The molecule has 1 aromatic heterocycles. The number of fused-ring (bicyclic) bond motifs is 1. The average Bonchev–Trinajstić information content (AvgIpc) is 3.46. The van der Waals surface area contributed by atoms with Gasteiger partial charge in [-0.1, -0.05) is 32.9 Å². The van der Waals surface area contributed by atoms with E-state index in [0.29, 0.717) is 48.9 Å². The lowest BCUT2D eigenvalue weighted by molar-refractivity contribution is -0.134. The number of benzene rings is 1. The third kappa shape index (κ3) is 5.97. The van der Waals surface area contributed by atoms with Gasteiger partial charge in [0.15, 0.2) is 0 Å². The molecule has 2 saturated heterocycles. The summed E-state index contributed by atoms with van der Waals surface area (Å²) < 4.78 is 14.3. The number of rotatable bonds is 6. The standard InChI is InChI=1S/C32H42FN5O2/c1-22-29(23(2)35-21-34-22)30(40)38-19-24-17-36(18-25(24)20-38)12-9-32(26-7-6-8-27(33)15-26)10-13-37(14-11-32)28(39)16-31(3,4)5/h6-8,15,19,21,25H,9-14,16-18,20H2,1-5H3. The van der Waals surface area contributed by atoms with E-state index in [-0.39, 0.29) is 28.5 Å². The summed E-state index contributed by atoms with van der Waals surface area (Å²) in [4.78, 5) is 40.9. The number of piperidine rings is 1. The van der Waals surface area contributed by atoms with Crippen LogP contribution in [0.1, 0.15) is 73.8 Å². The fraction of sp³-hybridized carbons (Fsp3) is 0.562. The molecule has 0 aliphatic carbocycles. The van der Waals surface area contributed by atoms with Crippen LogP contribution in [0.3, 0.4) is 0 Å². The minimum atomic E-state index is -0.206. The van der Waals surface area contributed by atoms with Gasteiger partial charge in [-0.15, -0.1) is 0 Å². The van der Waals surface area contributed by atoms with E-state index in [0.717, 1.165) is 44.5 Å². The van der Waals surface area contributed by atoms with Crippen LogP contribution in [0, 0.1) is 31.0 Å². The van der Waals surface area contributed by atoms with E-state index >= 15 is 0 Å². The summed E-state index contributed by atoms with van der Waals surface area (Å²) in [7, 11) is 0. The molecule has 5 rings (SSSR count). The van der Waals surface area contributed by atoms with Gasteiger partial charge in [-0.05, 0) is 73.8 Å². The second-order valence-electron chi connectivity index (χ2n) is 13.2. The lowest BCUT2D eigenvalue weighted by atomic mass is 9.70. The highest BCUT2D eigenvalue weighted by molar-refractivity contribution is 5.97. The number of carbonyl (C=O) groups excluding carboxylic acids is 2.